The molecule has 0 aromatic heterocycles. The standard InChI is InChI=1S/C21H28N4O3/c1-21(2)8-14(23-12-21)10-22-9-13-4-3-5-15-16(13)11-25(20(15)28)17-6-7-18(26)24-19(17)27/h3-5,14,17,22-23H,6-12H2,1-2H3,(H,24,26,27). The van der Waals surface area contributed by atoms with Gasteiger partial charge in [-0.05, 0) is 35.4 Å². The van der Waals surface area contributed by atoms with Crippen LogP contribution in [-0.2, 0) is 22.7 Å². The number of piperidine rings is 1. The molecule has 0 aliphatic carbocycles. The minimum Gasteiger partial charge on any atom is -0.322 e. The molecule has 4 rings (SSSR count). The maximum absolute atomic E-state index is 12.9. The molecule has 3 aliphatic rings. The summed E-state index contributed by atoms with van der Waals surface area (Å²) < 4.78 is 0. The van der Waals surface area contributed by atoms with E-state index in [1.54, 1.807) is 4.90 Å². The van der Waals surface area contributed by atoms with Crippen LogP contribution in [0.15, 0.2) is 18.2 Å². The predicted molar refractivity (Wildman–Crippen MR) is 104 cm³/mol. The number of carbonyl (C=O) groups is 3. The number of nitrogens with one attached hydrogen (secondary N) is 3. The van der Waals surface area contributed by atoms with Gasteiger partial charge >= 0.3 is 0 Å². The number of hydrogen-bond donors (Lipinski definition) is 3. The van der Waals surface area contributed by atoms with E-state index < -0.39 is 6.04 Å². The summed E-state index contributed by atoms with van der Waals surface area (Å²) in [5.41, 5.74) is 3.10. The van der Waals surface area contributed by atoms with Crippen molar-refractivity contribution in [3.05, 3.63) is 34.9 Å². The zero-order chi connectivity index (χ0) is 19.9. The van der Waals surface area contributed by atoms with Crippen LogP contribution in [0.3, 0.4) is 0 Å². The molecule has 150 valence electrons. The quantitative estimate of drug-likeness (QED) is 0.657. The summed E-state index contributed by atoms with van der Waals surface area (Å²) in [5, 5.41) is 9.42. The van der Waals surface area contributed by atoms with E-state index in [2.05, 4.69) is 29.8 Å². The Morgan fingerprint density at radius 3 is 2.79 bits per heavy atom. The fourth-order valence-electron chi connectivity index (χ4n) is 4.57. The van der Waals surface area contributed by atoms with E-state index >= 15 is 0 Å². The summed E-state index contributed by atoms with van der Waals surface area (Å²) >= 11 is 0. The first-order chi connectivity index (χ1) is 13.3. The number of fused-ring (bicyclic) bond motifs is 1. The highest BCUT2D eigenvalue weighted by Crippen LogP contribution is 2.30. The van der Waals surface area contributed by atoms with Crippen molar-refractivity contribution >= 4 is 17.7 Å². The van der Waals surface area contributed by atoms with Crippen molar-refractivity contribution in [3.63, 3.8) is 0 Å². The van der Waals surface area contributed by atoms with E-state index in [0.717, 1.165) is 30.6 Å². The molecule has 3 N–H and O–H groups in total. The topological polar surface area (TPSA) is 90.5 Å². The molecule has 3 aliphatic heterocycles. The van der Waals surface area contributed by atoms with Crippen LogP contribution in [0.4, 0.5) is 0 Å². The third-order valence-corrected chi connectivity index (χ3v) is 6.05. The number of nitrogens with zero attached hydrogens (tertiary/aromatic N) is 1. The normalized spacial score (nSPS) is 26.5. The van der Waals surface area contributed by atoms with E-state index in [4.69, 9.17) is 0 Å². The lowest BCUT2D eigenvalue weighted by molar-refractivity contribution is -0.136. The highest BCUT2D eigenvalue weighted by atomic mass is 16.2. The van der Waals surface area contributed by atoms with Crippen molar-refractivity contribution in [1.82, 2.24) is 20.9 Å². The molecule has 3 amide bonds. The van der Waals surface area contributed by atoms with Gasteiger partial charge in [0.2, 0.25) is 11.8 Å². The largest absolute Gasteiger partial charge is 0.322 e. The van der Waals surface area contributed by atoms with Crippen LogP contribution in [0.5, 0.6) is 0 Å². The van der Waals surface area contributed by atoms with E-state index in [9.17, 15) is 14.4 Å². The van der Waals surface area contributed by atoms with Crippen LogP contribution in [0.1, 0.15) is 54.6 Å². The van der Waals surface area contributed by atoms with Gasteiger partial charge in [-0.15, -0.1) is 0 Å². The van der Waals surface area contributed by atoms with Gasteiger partial charge in [-0.3, -0.25) is 19.7 Å². The Morgan fingerprint density at radius 2 is 2.07 bits per heavy atom. The molecule has 7 nitrogen and oxygen atoms in total. The molecule has 3 heterocycles. The van der Waals surface area contributed by atoms with Crippen molar-refractivity contribution in [1.29, 1.82) is 0 Å². The number of imide groups is 1. The van der Waals surface area contributed by atoms with Gasteiger partial charge in [-0.2, -0.15) is 0 Å². The summed E-state index contributed by atoms with van der Waals surface area (Å²) in [5.74, 6) is -0.753. The summed E-state index contributed by atoms with van der Waals surface area (Å²) in [6, 6.07) is 5.67. The lowest BCUT2D eigenvalue weighted by atomic mass is 9.90. The average molecular weight is 384 g/mol. The SMILES string of the molecule is CC1(C)CNC(CNCc2cccc3c2CN(C2CCC(=O)NC2=O)C3=O)C1. The van der Waals surface area contributed by atoms with Gasteiger partial charge in [0.15, 0.2) is 0 Å². The van der Waals surface area contributed by atoms with Crippen LogP contribution in [-0.4, -0.2) is 47.8 Å². The van der Waals surface area contributed by atoms with Crippen molar-refractivity contribution in [2.75, 3.05) is 13.1 Å². The van der Waals surface area contributed by atoms with Gasteiger partial charge in [-0.1, -0.05) is 26.0 Å². The fourth-order valence-corrected chi connectivity index (χ4v) is 4.57. The predicted octanol–water partition coefficient (Wildman–Crippen LogP) is 0.925. The Bertz CT molecular complexity index is 820. The molecule has 0 bridgehead atoms. The molecule has 2 atom stereocenters. The van der Waals surface area contributed by atoms with Gasteiger partial charge in [0, 0.05) is 44.2 Å². The van der Waals surface area contributed by atoms with Crippen molar-refractivity contribution < 1.29 is 14.4 Å². The van der Waals surface area contributed by atoms with Crippen LogP contribution in [0, 0.1) is 5.41 Å². The van der Waals surface area contributed by atoms with Gasteiger partial charge in [-0.25, -0.2) is 0 Å². The van der Waals surface area contributed by atoms with Crippen molar-refractivity contribution in [2.24, 2.45) is 5.41 Å². The van der Waals surface area contributed by atoms with Gasteiger partial charge in [0.25, 0.3) is 5.91 Å². The Hall–Kier alpha value is -2.25. The molecule has 1 aromatic rings. The number of carbonyl (C=O) groups excluding carboxylic acids is 3. The summed E-state index contributed by atoms with van der Waals surface area (Å²) in [7, 11) is 0. The first-order valence-electron chi connectivity index (χ1n) is 10.0. The second-order valence-corrected chi connectivity index (χ2v) is 8.92. The van der Waals surface area contributed by atoms with Gasteiger partial charge < -0.3 is 15.5 Å². The number of benzene rings is 1. The molecule has 1 aromatic carbocycles. The first kappa shape index (κ1) is 19.1. The second-order valence-electron chi connectivity index (χ2n) is 8.92. The molecule has 0 spiro atoms. The molecule has 2 saturated heterocycles. The Kier molecular flexibility index (Phi) is 4.97. The summed E-state index contributed by atoms with van der Waals surface area (Å²) in [6.07, 6.45) is 1.81. The molecule has 0 saturated carbocycles. The monoisotopic (exact) mass is 384 g/mol. The van der Waals surface area contributed by atoms with Crippen LogP contribution in [0.25, 0.3) is 0 Å². The zero-order valence-corrected chi connectivity index (χ0v) is 16.5. The Balaban J connectivity index is 1.41. The van der Waals surface area contributed by atoms with Gasteiger partial charge in [0.05, 0.1) is 0 Å². The first-order valence-corrected chi connectivity index (χ1v) is 10.0. The smallest absolute Gasteiger partial charge is 0.255 e. The van der Waals surface area contributed by atoms with E-state index in [1.165, 1.54) is 0 Å². The summed E-state index contributed by atoms with van der Waals surface area (Å²) in [6.45, 7) is 7.59. The highest BCUT2D eigenvalue weighted by Gasteiger charge is 2.39. The highest BCUT2D eigenvalue weighted by molar-refractivity contribution is 6.05. The number of rotatable bonds is 5. The van der Waals surface area contributed by atoms with Crippen LogP contribution in [0.2, 0.25) is 0 Å². The lowest BCUT2D eigenvalue weighted by Gasteiger charge is -2.29. The maximum Gasteiger partial charge on any atom is 0.255 e. The number of amides is 3. The second kappa shape index (κ2) is 7.29. The van der Waals surface area contributed by atoms with E-state index in [-0.39, 0.29) is 24.1 Å². The fraction of sp³-hybridized carbons (Fsp3) is 0.571. The van der Waals surface area contributed by atoms with Crippen molar-refractivity contribution in [3.8, 4) is 0 Å². The van der Waals surface area contributed by atoms with E-state index in [1.807, 2.05) is 18.2 Å². The molecule has 0 radical (unpaired) electrons. The van der Waals surface area contributed by atoms with Gasteiger partial charge in [0.1, 0.15) is 6.04 Å². The molecular formula is C21H28N4O3. The van der Waals surface area contributed by atoms with Crippen molar-refractivity contribution in [2.45, 2.75) is 58.3 Å². The van der Waals surface area contributed by atoms with Crippen LogP contribution < -0.4 is 16.0 Å². The average Bonchev–Trinajstić information content (AvgIpc) is 3.15. The molecule has 28 heavy (non-hydrogen) atoms. The minimum absolute atomic E-state index is 0.120. The molecule has 2 unspecified atom stereocenters. The Morgan fingerprint density at radius 1 is 1.25 bits per heavy atom. The number of hydrogen-bond acceptors (Lipinski definition) is 5. The lowest BCUT2D eigenvalue weighted by Crippen LogP contribution is -2.52. The minimum atomic E-state index is -0.566. The molecule has 7 heteroatoms. The summed E-state index contributed by atoms with van der Waals surface area (Å²) in [4.78, 5) is 38.1. The Labute approximate surface area is 165 Å². The molecular weight excluding hydrogens is 356 g/mol. The molecule has 2 fully saturated rings. The van der Waals surface area contributed by atoms with Crippen LogP contribution >= 0.6 is 0 Å². The third-order valence-electron chi connectivity index (χ3n) is 6.05. The maximum atomic E-state index is 12.9. The van der Waals surface area contributed by atoms with E-state index in [0.29, 0.717) is 36.5 Å². The third kappa shape index (κ3) is 3.69. The zero-order valence-electron chi connectivity index (χ0n) is 16.5.